The Hall–Kier alpha value is -2.99. The number of para-hydroxylation sites is 1. The topological polar surface area (TPSA) is 93.7 Å². The van der Waals surface area contributed by atoms with Gasteiger partial charge in [0.1, 0.15) is 5.82 Å². The van der Waals surface area contributed by atoms with E-state index >= 15 is 0 Å². The van der Waals surface area contributed by atoms with Gasteiger partial charge in [0.05, 0.1) is 23.5 Å². The van der Waals surface area contributed by atoms with Gasteiger partial charge in [-0.25, -0.2) is 4.98 Å². The summed E-state index contributed by atoms with van der Waals surface area (Å²) in [7, 11) is 0. The molecule has 0 aliphatic carbocycles. The Bertz CT molecular complexity index is 1040. The number of nitrogens with zero attached hydrogens (tertiary/aromatic N) is 2. The Morgan fingerprint density at radius 3 is 2.50 bits per heavy atom. The lowest BCUT2D eigenvalue weighted by Gasteiger charge is -2.29. The van der Waals surface area contributed by atoms with Gasteiger partial charge < -0.3 is 15.6 Å². The number of carbonyl (C=O) groups excluding carboxylic acids is 1. The van der Waals surface area contributed by atoms with Gasteiger partial charge in [-0.1, -0.05) is 36.2 Å². The minimum Gasteiger partial charge on any atom is -0.358 e. The quantitative estimate of drug-likeness (QED) is 0.533. The molecule has 1 aromatic heterocycles. The van der Waals surface area contributed by atoms with Crippen molar-refractivity contribution in [2.24, 2.45) is 0 Å². The zero-order chi connectivity index (χ0) is 21.5. The summed E-state index contributed by atoms with van der Waals surface area (Å²) in [6, 6.07) is 14.5. The van der Waals surface area contributed by atoms with E-state index in [0.29, 0.717) is 28.8 Å². The third kappa shape index (κ3) is 5.13. The van der Waals surface area contributed by atoms with Gasteiger partial charge in [-0.3, -0.25) is 9.59 Å². The van der Waals surface area contributed by atoms with Crippen molar-refractivity contribution >= 4 is 16.8 Å². The van der Waals surface area contributed by atoms with Crippen LogP contribution in [0.5, 0.6) is 0 Å². The number of unbranched alkanes of at least 4 members (excludes halogenated alkanes) is 3. The largest absolute Gasteiger partial charge is 0.358 e. The summed E-state index contributed by atoms with van der Waals surface area (Å²) in [6.07, 6.45) is 4.15. The van der Waals surface area contributed by atoms with Crippen molar-refractivity contribution in [2.75, 3.05) is 13.1 Å². The highest BCUT2D eigenvalue weighted by Gasteiger charge is 2.24. The lowest BCUT2D eigenvalue weighted by Crippen LogP contribution is -2.50. The normalized spacial score (nSPS) is 12.1. The van der Waals surface area contributed by atoms with Crippen LogP contribution >= 0.6 is 0 Å². The maximum absolute atomic E-state index is 13.3. The Labute approximate surface area is 177 Å². The Morgan fingerprint density at radius 2 is 1.77 bits per heavy atom. The third-order valence-electron chi connectivity index (χ3n) is 5.45. The first kappa shape index (κ1) is 21.7. The summed E-state index contributed by atoms with van der Waals surface area (Å²) >= 11 is 0. The molecule has 0 bridgehead atoms. The number of rotatable bonds is 9. The van der Waals surface area contributed by atoms with E-state index in [2.05, 4.69) is 15.7 Å². The number of fused-ring (bicyclic) bond motifs is 1. The van der Waals surface area contributed by atoms with Crippen molar-refractivity contribution in [2.45, 2.75) is 45.6 Å². The van der Waals surface area contributed by atoms with Crippen LogP contribution in [0.3, 0.4) is 0 Å². The van der Waals surface area contributed by atoms with Crippen LogP contribution in [-0.4, -0.2) is 33.9 Å². The summed E-state index contributed by atoms with van der Waals surface area (Å²) in [6.45, 7) is 5.47. The van der Waals surface area contributed by atoms with Gasteiger partial charge in [0.15, 0.2) is 0 Å². The molecular weight excluding hydrogens is 376 g/mol. The summed E-state index contributed by atoms with van der Waals surface area (Å²) in [5, 5.41) is 0.554. The number of aryl methyl sites for hydroxylation is 1. The van der Waals surface area contributed by atoms with Crippen LogP contribution in [0.4, 0.5) is 0 Å². The number of aromatic amines is 1. The molecule has 0 fully saturated rings. The molecule has 0 aliphatic rings. The maximum Gasteiger partial charge on any atom is 0.258 e. The predicted molar refractivity (Wildman–Crippen MR) is 119 cm³/mol. The number of H-pyrrole nitrogens is 1. The maximum atomic E-state index is 13.3. The van der Waals surface area contributed by atoms with E-state index in [1.165, 1.54) is 0 Å². The van der Waals surface area contributed by atoms with Gasteiger partial charge >= 0.3 is 0 Å². The molecule has 3 rings (SSSR count). The first-order chi connectivity index (χ1) is 14.5. The molecule has 1 atom stereocenters. The zero-order valence-corrected chi connectivity index (χ0v) is 17.9. The fourth-order valence-corrected chi connectivity index (χ4v) is 3.60. The lowest BCUT2D eigenvalue weighted by atomic mass is 10.1. The molecule has 158 valence electrons. The molecule has 0 saturated carbocycles. The molecule has 1 amide bonds. The number of carbonyl (C=O) groups is 1. The highest BCUT2D eigenvalue weighted by Crippen LogP contribution is 2.22. The van der Waals surface area contributed by atoms with Crippen LogP contribution in [0, 0.1) is 6.92 Å². The molecular formula is C24H31N4O2+. The standard InChI is InChI=1S/C24H30N4O2/c1-17-11-13-19(14-12-17)24(30)28(16-8-4-3-7-15-25)18(2)22-26-21-10-6-5-9-20(21)23(29)27-22/h5-6,9-14,18H,3-4,7-8,15-16,25H2,1-2H3,(H,26,27,29)/p+1/t18-/m1/s1. The molecule has 0 saturated heterocycles. The number of quaternary nitrogens is 1. The van der Waals surface area contributed by atoms with Gasteiger partial charge in [0.25, 0.3) is 11.5 Å². The molecule has 6 nitrogen and oxygen atoms in total. The molecule has 2 aromatic carbocycles. The Kier molecular flexibility index (Phi) is 7.36. The number of benzene rings is 2. The second-order valence-electron chi connectivity index (χ2n) is 7.78. The van der Waals surface area contributed by atoms with E-state index in [0.717, 1.165) is 37.8 Å². The average molecular weight is 408 g/mol. The number of hydrogen-bond acceptors (Lipinski definition) is 3. The minimum absolute atomic E-state index is 0.0459. The highest BCUT2D eigenvalue weighted by molar-refractivity contribution is 5.94. The summed E-state index contributed by atoms with van der Waals surface area (Å²) < 4.78 is 0. The van der Waals surface area contributed by atoms with Crippen LogP contribution in [0.15, 0.2) is 53.3 Å². The van der Waals surface area contributed by atoms with E-state index in [-0.39, 0.29) is 17.5 Å². The van der Waals surface area contributed by atoms with Crippen LogP contribution < -0.4 is 11.3 Å². The molecule has 3 aromatic rings. The fraction of sp³-hybridized carbons (Fsp3) is 0.375. The molecule has 0 radical (unpaired) electrons. The van der Waals surface area contributed by atoms with Crippen molar-refractivity contribution in [1.29, 1.82) is 0 Å². The smallest absolute Gasteiger partial charge is 0.258 e. The molecule has 0 spiro atoms. The molecule has 4 N–H and O–H groups in total. The third-order valence-corrected chi connectivity index (χ3v) is 5.45. The first-order valence-corrected chi connectivity index (χ1v) is 10.7. The van der Waals surface area contributed by atoms with Crippen LogP contribution in [-0.2, 0) is 0 Å². The van der Waals surface area contributed by atoms with E-state index in [1.54, 1.807) is 6.07 Å². The number of hydrogen-bond donors (Lipinski definition) is 2. The van der Waals surface area contributed by atoms with Crippen molar-refractivity contribution in [3.8, 4) is 0 Å². The van der Waals surface area contributed by atoms with E-state index < -0.39 is 0 Å². The number of nitrogens with one attached hydrogen (secondary N) is 1. The van der Waals surface area contributed by atoms with Crippen molar-refractivity contribution in [3.05, 3.63) is 75.8 Å². The summed E-state index contributed by atoms with van der Waals surface area (Å²) in [5.74, 6) is 0.465. The van der Waals surface area contributed by atoms with Crippen molar-refractivity contribution < 1.29 is 10.5 Å². The van der Waals surface area contributed by atoms with Gasteiger partial charge in [0, 0.05) is 12.1 Å². The van der Waals surface area contributed by atoms with Gasteiger partial charge in [-0.05, 0) is 57.4 Å². The lowest BCUT2D eigenvalue weighted by molar-refractivity contribution is -0.368. The zero-order valence-electron chi connectivity index (χ0n) is 17.9. The van der Waals surface area contributed by atoms with Gasteiger partial charge in [0.2, 0.25) is 0 Å². The Morgan fingerprint density at radius 1 is 1.07 bits per heavy atom. The van der Waals surface area contributed by atoms with Crippen LogP contribution in [0.25, 0.3) is 10.9 Å². The van der Waals surface area contributed by atoms with E-state index in [1.807, 2.05) is 61.2 Å². The van der Waals surface area contributed by atoms with Crippen molar-refractivity contribution in [3.63, 3.8) is 0 Å². The molecule has 0 aliphatic heterocycles. The molecule has 6 heteroatoms. The average Bonchev–Trinajstić information content (AvgIpc) is 2.76. The van der Waals surface area contributed by atoms with E-state index in [4.69, 9.17) is 0 Å². The van der Waals surface area contributed by atoms with Gasteiger partial charge in [-0.2, -0.15) is 0 Å². The monoisotopic (exact) mass is 407 g/mol. The first-order valence-electron chi connectivity index (χ1n) is 10.7. The minimum atomic E-state index is -0.344. The molecule has 0 unspecified atom stereocenters. The van der Waals surface area contributed by atoms with Crippen molar-refractivity contribution in [1.82, 2.24) is 14.9 Å². The fourth-order valence-electron chi connectivity index (χ4n) is 3.60. The predicted octanol–water partition coefficient (Wildman–Crippen LogP) is 3.24. The Balaban J connectivity index is 1.88. The van der Waals surface area contributed by atoms with Crippen LogP contribution in [0.2, 0.25) is 0 Å². The second-order valence-corrected chi connectivity index (χ2v) is 7.78. The SMILES string of the molecule is Cc1ccc(C(=O)N(CCCCCC[NH3+])[C@H](C)c2nc3ccccc3c(=O)[nH]2)cc1. The summed E-state index contributed by atoms with van der Waals surface area (Å²) in [4.78, 5) is 35.2. The number of amides is 1. The second kappa shape index (κ2) is 10.2. The molecule has 1 heterocycles. The van der Waals surface area contributed by atoms with Gasteiger partial charge in [-0.15, -0.1) is 0 Å². The number of aromatic nitrogens is 2. The van der Waals surface area contributed by atoms with E-state index in [9.17, 15) is 9.59 Å². The molecule has 30 heavy (non-hydrogen) atoms. The van der Waals surface area contributed by atoms with Crippen LogP contribution in [0.1, 0.15) is 60.4 Å². The highest BCUT2D eigenvalue weighted by atomic mass is 16.2. The summed E-state index contributed by atoms with van der Waals surface area (Å²) in [5.41, 5.74) is 6.11.